The first-order valence-electron chi connectivity index (χ1n) is 4.90. The van der Waals surface area contributed by atoms with Crippen LogP contribution < -0.4 is 0 Å². The first-order valence-corrected chi connectivity index (χ1v) is 4.90. The lowest BCUT2D eigenvalue weighted by Gasteiger charge is -2.09. The molecule has 0 aliphatic carbocycles. The van der Waals surface area contributed by atoms with Gasteiger partial charge in [-0.25, -0.2) is 0 Å². The molecule has 0 aromatic heterocycles. The molecule has 0 heterocycles. The molecule has 0 saturated heterocycles. The van der Waals surface area contributed by atoms with Crippen molar-refractivity contribution in [2.45, 2.75) is 25.9 Å². The lowest BCUT2D eigenvalue weighted by Crippen LogP contribution is -2.11. The molecule has 0 bridgehead atoms. The summed E-state index contributed by atoms with van der Waals surface area (Å²) >= 11 is 0. The minimum Gasteiger partial charge on any atom is -0.382 e. The summed E-state index contributed by atoms with van der Waals surface area (Å²) in [5.41, 5.74) is 1.75. The van der Waals surface area contributed by atoms with Crippen LogP contribution in [0.3, 0.4) is 0 Å². The molecule has 0 fully saturated rings. The average molecular weight is 209 g/mol. The van der Waals surface area contributed by atoms with E-state index in [0.717, 1.165) is 5.56 Å². The highest BCUT2D eigenvalue weighted by Gasteiger charge is 2.13. The standard InChI is InChI=1S/C11H15NO3/c1-8(2)9-3-5-10(6-4-9)11(13)7-12(14)15/h3-6,8,11,13H,7H2,1-2H3/t11-/m1/s1. The predicted molar refractivity (Wildman–Crippen MR) is 57.4 cm³/mol. The largest absolute Gasteiger partial charge is 0.382 e. The van der Waals surface area contributed by atoms with Crippen LogP contribution in [0, 0.1) is 10.1 Å². The molecule has 4 heteroatoms. The van der Waals surface area contributed by atoms with Gasteiger partial charge in [-0.05, 0) is 17.0 Å². The molecule has 1 rings (SSSR count). The Bertz CT molecular complexity index is 332. The third kappa shape index (κ3) is 3.32. The summed E-state index contributed by atoms with van der Waals surface area (Å²) < 4.78 is 0. The Morgan fingerprint density at radius 2 is 1.73 bits per heavy atom. The maximum absolute atomic E-state index is 10.2. The van der Waals surface area contributed by atoms with Crippen molar-refractivity contribution >= 4 is 0 Å². The summed E-state index contributed by atoms with van der Waals surface area (Å²) in [6.45, 7) is 3.70. The Morgan fingerprint density at radius 1 is 1.27 bits per heavy atom. The third-order valence-electron chi connectivity index (χ3n) is 2.31. The lowest BCUT2D eigenvalue weighted by atomic mass is 10.00. The molecule has 0 amide bonds. The molecule has 1 aromatic carbocycles. The number of aliphatic hydroxyl groups is 1. The molecule has 4 nitrogen and oxygen atoms in total. The van der Waals surface area contributed by atoms with E-state index in [1.165, 1.54) is 0 Å². The number of hydrogen-bond donors (Lipinski definition) is 1. The number of nitro groups is 1. The summed E-state index contributed by atoms with van der Waals surface area (Å²) in [5.74, 6) is 0.423. The summed E-state index contributed by atoms with van der Waals surface area (Å²) in [4.78, 5) is 9.69. The van der Waals surface area contributed by atoms with Crippen LogP contribution in [0.15, 0.2) is 24.3 Å². The van der Waals surface area contributed by atoms with E-state index < -0.39 is 17.6 Å². The molecule has 0 unspecified atom stereocenters. The van der Waals surface area contributed by atoms with Crippen molar-refractivity contribution in [3.05, 3.63) is 45.5 Å². The zero-order chi connectivity index (χ0) is 11.4. The van der Waals surface area contributed by atoms with Gasteiger partial charge in [-0.15, -0.1) is 0 Å². The third-order valence-corrected chi connectivity index (χ3v) is 2.31. The van der Waals surface area contributed by atoms with Crippen molar-refractivity contribution in [1.29, 1.82) is 0 Å². The molecular formula is C11H15NO3. The highest BCUT2D eigenvalue weighted by atomic mass is 16.6. The van der Waals surface area contributed by atoms with E-state index in [9.17, 15) is 15.2 Å². The molecule has 1 atom stereocenters. The van der Waals surface area contributed by atoms with Gasteiger partial charge in [-0.3, -0.25) is 10.1 Å². The van der Waals surface area contributed by atoms with Gasteiger partial charge in [0, 0.05) is 4.92 Å². The Labute approximate surface area is 88.7 Å². The SMILES string of the molecule is CC(C)c1ccc([C@H](O)C[N+](=O)[O-])cc1. The fourth-order valence-corrected chi connectivity index (χ4v) is 1.35. The summed E-state index contributed by atoms with van der Waals surface area (Å²) in [6, 6.07) is 7.26. The van der Waals surface area contributed by atoms with E-state index in [1.807, 2.05) is 12.1 Å². The van der Waals surface area contributed by atoms with Crippen molar-refractivity contribution < 1.29 is 10.0 Å². The lowest BCUT2D eigenvalue weighted by molar-refractivity contribution is -0.491. The zero-order valence-electron chi connectivity index (χ0n) is 8.88. The highest BCUT2D eigenvalue weighted by molar-refractivity contribution is 5.26. The van der Waals surface area contributed by atoms with Crippen molar-refractivity contribution in [3.8, 4) is 0 Å². The molecular weight excluding hydrogens is 194 g/mol. The minimum absolute atomic E-state index is 0.423. The monoisotopic (exact) mass is 209 g/mol. The minimum atomic E-state index is -1.01. The molecule has 82 valence electrons. The van der Waals surface area contributed by atoms with E-state index >= 15 is 0 Å². The Morgan fingerprint density at radius 3 is 2.13 bits per heavy atom. The van der Waals surface area contributed by atoms with Crippen molar-refractivity contribution in [3.63, 3.8) is 0 Å². The van der Waals surface area contributed by atoms with Gasteiger partial charge in [0.2, 0.25) is 6.54 Å². The molecule has 1 aromatic rings. The van der Waals surface area contributed by atoms with E-state index in [4.69, 9.17) is 0 Å². The van der Waals surface area contributed by atoms with Crippen LogP contribution in [0.5, 0.6) is 0 Å². The predicted octanol–water partition coefficient (Wildman–Crippen LogP) is 2.12. The van der Waals surface area contributed by atoms with E-state index in [0.29, 0.717) is 11.5 Å². The van der Waals surface area contributed by atoms with E-state index in [-0.39, 0.29) is 0 Å². The maximum atomic E-state index is 10.2. The normalized spacial score (nSPS) is 12.8. The van der Waals surface area contributed by atoms with Crippen LogP contribution in [-0.4, -0.2) is 16.6 Å². The second kappa shape index (κ2) is 4.89. The fourth-order valence-electron chi connectivity index (χ4n) is 1.35. The van der Waals surface area contributed by atoms with Crippen LogP contribution in [0.4, 0.5) is 0 Å². The molecule has 0 aliphatic heterocycles. The van der Waals surface area contributed by atoms with Gasteiger partial charge < -0.3 is 5.11 Å². The van der Waals surface area contributed by atoms with Gasteiger partial charge in [-0.1, -0.05) is 38.1 Å². The number of nitrogens with zero attached hydrogens (tertiary/aromatic N) is 1. The van der Waals surface area contributed by atoms with Crippen LogP contribution in [-0.2, 0) is 0 Å². The smallest absolute Gasteiger partial charge is 0.233 e. The molecule has 0 spiro atoms. The number of aliphatic hydroxyl groups excluding tert-OH is 1. The summed E-state index contributed by atoms with van der Waals surface area (Å²) in [7, 11) is 0. The molecule has 0 radical (unpaired) electrons. The van der Waals surface area contributed by atoms with Crippen LogP contribution in [0.25, 0.3) is 0 Å². The van der Waals surface area contributed by atoms with Crippen molar-refractivity contribution in [1.82, 2.24) is 0 Å². The van der Waals surface area contributed by atoms with Gasteiger partial charge in [-0.2, -0.15) is 0 Å². The van der Waals surface area contributed by atoms with Gasteiger partial charge in [0.25, 0.3) is 0 Å². The molecule has 1 N–H and O–H groups in total. The van der Waals surface area contributed by atoms with Crippen molar-refractivity contribution in [2.24, 2.45) is 0 Å². The quantitative estimate of drug-likeness (QED) is 0.610. The van der Waals surface area contributed by atoms with E-state index in [2.05, 4.69) is 13.8 Å². The Hall–Kier alpha value is -1.42. The number of rotatable bonds is 4. The maximum Gasteiger partial charge on any atom is 0.233 e. The summed E-state index contributed by atoms with van der Waals surface area (Å²) in [6.07, 6.45) is -1.01. The van der Waals surface area contributed by atoms with Crippen LogP contribution >= 0.6 is 0 Å². The second-order valence-corrected chi connectivity index (χ2v) is 3.85. The average Bonchev–Trinajstić information content (AvgIpc) is 2.17. The zero-order valence-corrected chi connectivity index (χ0v) is 8.88. The first-order chi connectivity index (χ1) is 7.00. The summed E-state index contributed by atoms with van der Waals surface area (Å²) in [5, 5.41) is 19.7. The molecule has 15 heavy (non-hydrogen) atoms. The van der Waals surface area contributed by atoms with Crippen LogP contribution in [0.1, 0.15) is 37.0 Å². The van der Waals surface area contributed by atoms with E-state index in [1.54, 1.807) is 12.1 Å². The Balaban J connectivity index is 2.75. The van der Waals surface area contributed by atoms with Gasteiger partial charge in [0.15, 0.2) is 0 Å². The fraction of sp³-hybridized carbons (Fsp3) is 0.455. The van der Waals surface area contributed by atoms with Gasteiger partial charge in [0.1, 0.15) is 6.10 Å². The number of hydrogen-bond acceptors (Lipinski definition) is 3. The first kappa shape index (κ1) is 11.7. The highest BCUT2D eigenvalue weighted by Crippen LogP contribution is 2.18. The second-order valence-electron chi connectivity index (χ2n) is 3.85. The molecule has 0 saturated carbocycles. The Kier molecular flexibility index (Phi) is 3.80. The van der Waals surface area contributed by atoms with Gasteiger partial charge in [0.05, 0.1) is 0 Å². The van der Waals surface area contributed by atoms with Gasteiger partial charge >= 0.3 is 0 Å². The van der Waals surface area contributed by atoms with Crippen LogP contribution in [0.2, 0.25) is 0 Å². The topological polar surface area (TPSA) is 63.4 Å². The molecule has 0 aliphatic rings. The van der Waals surface area contributed by atoms with Crippen molar-refractivity contribution in [2.75, 3.05) is 6.54 Å². The number of benzene rings is 1.